The minimum Gasteiger partial charge on any atom is -0.494 e. The van der Waals surface area contributed by atoms with Crippen LogP contribution >= 0.6 is 12.2 Å². The van der Waals surface area contributed by atoms with Crippen LogP contribution in [0.15, 0.2) is 29.6 Å². The lowest BCUT2D eigenvalue weighted by atomic mass is 9.99. The van der Waals surface area contributed by atoms with Crippen molar-refractivity contribution in [2.45, 2.75) is 12.6 Å². The van der Waals surface area contributed by atoms with E-state index in [2.05, 4.69) is 11.6 Å². The van der Waals surface area contributed by atoms with Crippen molar-refractivity contribution in [2.75, 3.05) is 14.2 Å². The van der Waals surface area contributed by atoms with E-state index >= 15 is 0 Å². The van der Waals surface area contributed by atoms with Gasteiger partial charge in [0.2, 0.25) is 5.88 Å². The van der Waals surface area contributed by atoms with E-state index in [1.807, 2.05) is 0 Å². The van der Waals surface area contributed by atoms with Gasteiger partial charge in [-0.15, -0.1) is 6.58 Å². The van der Waals surface area contributed by atoms with Crippen molar-refractivity contribution in [3.05, 3.63) is 56.6 Å². The number of hydrogen-bond acceptors (Lipinski definition) is 7. The molecule has 1 aromatic heterocycles. The van der Waals surface area contributed by atoms with E-state index in [0.29, 0.717) is 11.3 Å². The summed E-state index contributed by atoms with van der Waals surface area (Å²) in [5.41, 5.74) is -0.239. The molecule has 136 valence electrons. The lowest BCUT2D eigenvalue weighted by Crippen LogP contribution is -2.22. The molecule has 0 radical (unpaired) electrons. The van der Waals surface area contributed by atoms with E-state index in [0.717, 1.165) is 0 Å². The molecule has 0 aliphatic carbocycles. The van der Waals surface area contributed by atoms with Gasteiger partial charge in [0.25, 0.3) is 5.56 Å². The normalized spacial score (nSPS) is 15.3. The first-order chi connectivity index (χ1) is 12.4. The summed E-state index contributed by atoms with van der Waals surface area (Å²) in [4.78, 5) is 27.3. The van der Waals surface area contributed by atoms with Crippen LogP contribution in [0.3, 0.4) is 0 Å². The third-order valence-corrected chi connectivity index (χ3v) is 4.39. The Kier molecular flexibility index (Phi) is 4.56. The average molecular weight is 376 g/mol. The molecular weight excluding hydrogens is 360 g/mol. The molecule has 2 aromatic rings. The van der Waals surface area contributed by atoms with Gasteiger partial charge in [-0.1, -0.05) is 12.1 Å². The number of ether oxygens (including phenoxy) is 3. The predicted octanol–water partition coefficient (Wildman–Crippen LogP) is 2.07. The molecule has 9 heteroatoms. The third-order valence-electron chi connectivity index (χ3n) is 4.07. The van der Waals surface area contributed by atoms with Gasteiger partial charge < -0.3 is 19.3 Å². The summed E-state index contributed by atoms with van der Waals surface area (Å²) in [5.74, 6) is -0.520. The SMILES string of the molecule is C=CCn1c(O)c(C2OC(=O)c3c2ccc(OC)c3OC)c(=O)[nH]c1=S. The maximum absolute atomic E-state index is 12.4. The molecule has 0 saturated heterocycles. The molecule has 1 unspecified atom stereocenters. The first-order valence-electron chi connectivity index (χ1n) is 7.57. The number of carbonyl (C=O) groups is 1. The van der Waals surface area contributed by atoms with Gasteiger partial charge in [-0.25, -0.2) is 4.79 Å². The highest BCUT2D eigenvalue weighted by Gasteiger charge is 2.40. The molecule has 1 aliphatic rings. The number of benzene rings is 1. The summed E-state index contributed by atoms with van der Waals surface area (Å²) in [5, 5.41) is 10.6. The Morgan fingerprint density at radius 3 is 2.73 bits per heavy atom. The van der Waals surface area contributed by atoms with E-state index in [1.165, 1.54) is 24.9 Å². The molecule has 0 spiro atoms. The number of H-pyrrole nitrogens is 1. The summed E-state index contributed by atoms with van der Waals surface area (Å²) < 4.78 is 17.1. The Balaban J connectivity index is 2.26. The summed E-state index contributed by atoms with van der Waals surface area (Å²) >= 11 is 5.06. The lowest BCUT2D eigenvalue weighted by molar-refractivity contribution is 0.0446. The Hall–Kier alpha value is -3.07. The smallest absolute Gasteiger partial charge is 0.343 e. The lowest BCUT2D eigenvalue weighted by Gasteiger charge is -2.16. The van der Waals surface area contributed by atoms with Crippen LogP contribution in [0.4, 0.5) is 0 Å². The number of allylic oxidation sites excluding steroid dienone is 1. The monoisotopic (exact) mass is 376 g/mol. The van der Waals surface area contributed by atoms with Gasteiger partial charge in [-0.05, 0) is 18.3 Å². The molecule has 0 saturated carbocycles. The largest absolute Gasteiger partial charge is 0.494 e. The number of esters is 1. The molecular formula is C17H16N2O6S. The van der Waals surface area contributed by atoms with E-state index < -0.39 is 17.6 Å². The second-order valence-corrected chi connectivity index (χ2v) is 5.83. The Labute approximate surface area is 153 Å². The quantitative estimate of drug-likeness (QED) is 0.468. The van der Waals surface area contributed by atoms with Gasteiger partial charge >= 0.3 is 5.97 Å². The molecule has 1 aromatic carbocycles. The fourth-order valence-corrected chi connectivity index (χ4v) is 3.18. The van der Waals surface area contributed by atoms with Crippen molar-refractivity contribution in [1.82, 2.24) is 9.55 Å². The zero-order valence-corrected chi connectivity index (χ0v) is 14.9. The van der Waals surface area contributed by atoms with Crippen molar-refractivity contribution < 1.29 is 24.1 Å². The standard InChI is InChI=1S/C17H16N2O6S/c1-4-7-19-15(21)11(14(20)18-17(19)26)12-8-5-6-9(23-2)13(24-3)10(8)16(22)25-12/h4-6,12,21H,1,7H2,2-3H3,(H,18,20,26). The van der Waals surface area contributed by atoms with Crippen molar-refractivity contribution in [3.63, 3.8) is 0 Å². The highest BCUT2D eigenvalue weighted by Crippen LogP contribution is 2.44. The number of aromatic amines is 1. The Bertz CT molecular complexity index is 1020. The number of hydrogen-bond donors (Lipinski definition) is 2. The minimum absolute atomic E-state index is 0.0352. The van der Waals surface area contributed by atoms with E-state index in [1.54, 1.807) is 12.1 Å². The van der Waals surface area contributed by atoms with Gasteiger partial charge in [-0.3, -0.25) is 14.3 Å². The van der Waals surface area contributed by atoms with Crippen LogP contribution < -0.4 is 15.0 Å². The number of aromatic hydroxyl groups is 1. The van der Waals surface area contributed by atoms with Crippen LogP contribution in [-0.2, 0) is 11.3 Å². The fourth-order valence-electron chi connectivity index (χ4n) is 2.92. The van der Waals surface area contributed by atoms with E-state index in [4.69, 9.17) is 26.4 Å². The van der Waals surface area contributed by atoms with Crippen molar-refractivity contribution in [2.24, 2.45) is 0 Å². The second-order valence-electron chi connectivity index (χ2n) is 5.45. The van der Waals surface area contributed by atoms with Crippen LogP contribution in [0, 0.1) is 4.77 Å². The van der Waals surface area contributed by atoms with Crippen LogP contribution in [0.25, 0.3) is 0 Å². The van der Waals surface area contributed by atoms with Gasteiger partial charge in [0.05, 0.1) is 14.2 Å². The summed E-state index contributed by atoms with van der Waals surface area (Å²) in [6, 6.07) is 3.18. The molecule has 1 aliphatic heterocycles. The highest BCUT2D eigenvalue weighted by molar-refractivity contribution is 7.71. The van der Waals surface area contributed by atoms with E-state index in [-0.39, 0.29) is 34.1 Å². The van der Waals surface area contributed by atoms with Crippen molar-refractivity contribution in [3.8, 4) is 17.4 Å². The number of fused-ring (bicyclic) bond motifs is 1. The average Bonchev–Trinajstić information content (AvgIpc) is 2.94. The third kappa shape index (κ3) is 2.57. The first kappa shape index (κ1) is 17.7. The van der Waals surface area contributed by atoms with Crippen molar-refractivity contribution >= 4 is 18.2 Å². The van der Waals surface area contributed by atoms with Crippen molar-refractivity contribution in [1.29, 1.82) is 0 Å². The molecule has 3 rings (SSSR count). The zero-order chi connectivity index (χ0) is 19.0. The predicted molar refractivity (Wildman–Crippen MR) is 94.6 cm³/mol. The molecule has 2 heterocycles. The Morgan fingerprint density at radius 2 is 2.12 bits per heavy atom. The van der Waals surface area contributed by atoms with E-state index in [9.17, 15) is 14.7 Å². The molecule has 1 atom stereocenters. The van der Waals surface area contributed by atoms with Gasteiger partial charge in [0.15, 0.2) is 22.4 Å². The molecule has 0 fully saturated rings. The number of carbonyl (C=O) groups excluding carboxylic acids is 1. The van der Waals surface area contributed by atoms with Gasteiger partial charge in [0, 0.05) is 12.1 Å². The van der Waals surface area contributed by atoms with Crippen LogP contribution in [-0.4, -0.2) is 34.8 Å². The van der Waals surface area contributed by atoms with Crippen LogP contribution in [0.2, 0.25) is 0 Å². The minimum atomic E-state index is -1.10. The van der Waals surface area contributed by atoms with Gasteiger partial charge in [0.1, 0.15) is 11.1 Å². The Morgan fingerprint density at radius 1 is 1.38 bits per heavy atom. The maximum atomic E-state index is 12.4. The second kappa shape index (κ2) is 6.68. The maximum Gasteiger partial charge on any atom is 0.343 e. The van der Waals surface area contributed by atoms with Gasteiger partial charge in [-0.2, -0.15) is 0 Å². The molecule has 0 bridgehead atoms. The number of methoxy groups -OCH3 is 2. The molecule has 8 nitrogen and oxygen atoms in total. The number of nitrogens with zero attached hydrogens (tertiary/aromatic N) is 1. The summed E-state index contributed by atoms with van der Waals surface area (Å²) in [6.45, 7) is 3.77. The number of rotatable bonds is 5. The highest BCUT2D eigenvalue weighted by atomic mass is 32.1. The molecule has 26 heavy (non-hydrogen) atoms. The molecule has 2 N–H and O–H groups in total. The van der Waals surface area contributed by atoms with Crippen LogP contribution in [0.5, 0.6) is 17.4 Å². The zero-order valence-electron chi connectivity index (χ0n) is 14.1. The number of cyclic esters (lactones) is 1. The fraction of sp³-hybridized carbons (Fsp3) is 0.235. The van der Waals surface area contributed by atoms with Crippen LogP contribution in [0.1, 0.15) is 27.6 Å². The molecule has 0 amide bonds. The first-order valence-corrected chi connectivity index (χ1v) is 7.98. The summed E-state index contributed by atoms with van der Waals surface area (Å²) in [6.07, 6.45) is 0.410. The summed E-state index contributed by atoms with van der Waals surface area (Å²) in [7, 11) is 2.84. The number of nitrogens with one attached hydrogen (secondary N) is 1. The topological polar surface area (TPSA) is 103 Å². The number of aromatic nitrogens is 2.